The van der Waals surface area contributed by atoms with Crippen LogP contribution in [0.15, 0.2) is 0 Å². The molecule has 2 heterocycles. The van der Waals surface area contributed by atoms with E-state index in [0.29, 0.717) is 18.1 Å². The molecule has 112 valence electrons. The fourth-order valence-electron chi connectivity index (χ4n) is 3.48. The zero-order chi connectivity index (χ0) is 13.7. The lowest BCUT2D eigenvalue weighted by molar-refractivity contribution is 0.0119. The summed E-state index contributed by atoms with van der Waals surface area (Å²) in [4.78, 5) is 2.63. The molecular formula is C15H31N3O. The summed E-state index contributed by atoms with van der Waals surface area (Å²) in [7, 11) is 1.86. The van der Waals surface area contributed by atoms with Gasteiger partial charge in [0.25, 0.3) is 0 Å². The van der Waals surface area contributed by atoms with E-state index < -0.39 is 0 Å². The fraction of sp³-hybridized carbons (Fsp3) is 1.00. The predicted octanol–water partition coefficient (Wildman–Crippen LogP) is 1.07. The van der Waals surface area contributed by atoms with E-state index >= 15 is 0 Å². The third-order valence-corrected chi connectivity index (χ3v) is 4.49. The highest BCUT2D eigenvalue weighted by atomic mass is 16.5. The molecule has 2 unspecified atom stereocenters. The summed E-state index contributed by atoms with van der Waals surface area (Å²) < 4.78 is 5.64. The SMILES string of the molecule is COC1CCNCC1CN1CCC(NC(C)C)CC1. The van der Waals surface area contributed by atoms with E-state index in [0.717, 1.165) is 25.6 Å². The van der Waals surface area contributed by atoms with Crippen LogP contribution in [0.5, 0.6) is 0 Å². The highest BCUT2D eigenvalue weighted by Crippen LogP contribution is 2.19. The number of rotatable bonds is 5. The van der Waals surface area contributed by atoms with Crippen molar-refractivity contribution in [1.82, 2.24) is 15.5 Å². The summed E-state index contributed by atoms with van der Waals surface area (Å²) >= 11 is 0. The molecule has 0 spiro atoms. The molecule has 0 aromatic rings. The molecule has 0 aromatic heterocycles. The second-order valence-corrected chi connectivity index (χ2v) is 6.42. The van der Waals surface area contributed by atoms with Gasteiger partial charge in [-0.2, -0.15) is 0 Å². The standard InChI is InChI=1S/C15H31N3O/c1-12(2)17-14-5-8-18(9-6-14)11-13-10-16-7-4-15(13)19-3/h12-17H,4-11H2,1-3H3. The second-order valence-electron chi connectivity index (χ2n) is 6.42. The monoisotopic (exact) mass is 269 g/mol. The van der Waals surface area contributed by atoms with Crippen LogP contribution in [0.25, 0.3) is 0 Å². The minimum atomic E-state index is 0.452. The minimum absolute atomic E-state index is 0.452. The molecule has 2 rings (SSSR count). The Morgan fingerprint density at radius 3 is 2.63 bits per heavy atom. The Morgan fingerprint density at radius 2 is 2.00 bits per heavy atom. The first-order valence-electron chi connectivity index (χ1n) is 7.91. The van der Waals surface area contributed by atoms with Gasteiger partial charge in [0, 0.05) is 38.2 Å². The first kappa shape index (κ1) is 15.2. The zero-order valence-corrected chi connectivity index (χ0v) is 12.8. The van der Waals surface area contributed by atoms with Crippen molar-refractivity contribution in [3.05, 3.63) is 0 Å². The van der Waals surface area contributed by atoms with Crippen LogP contribution in [-0.4, -0.2) is 62.9 Å². The summed E-state index contributed by atoms with van der Waals surface area (Å²) in [6.07, 6.45) is 4.19. The average molecular weight is 269 g/mol. The van der Waals surface area contributed by atoms with Crippen LogP contribution in [0.4, 0.5) is 0 Å². The van der Waals surface area contributed by atoms with E-state index in [9.17, 15) is 0 Å². The van der Waals surface area contributed by atoms with Crippen LogP contribution >= 0.6 is 0 Å². The average Bonchev–Trinajstić information content (AvgIpc) is 2.41. The van der Waals surface area contributed by atoms with Gasteiger partial charge in [-0.05, 0) is 38.9 Å². The first-order chi connectivity index (χ1) is 9.19. The first-order valence-corrected chi connectivity index (χ1v) is 7.91. The van der Waals surface area contributed by atoms with Gasteiger partial charge in [0.1, 0.15) is 0 Å². The highest BCUT2D eigenvalue weighted by molar-refractivity contribution is 4.84. The quantitative estimate of drug-likeness (QED) is 0.783. The summed E-state index contributed by atoms with van der Waals surface area (Å²) in [5.41, 5.74) is 0. The van der Waals surface area contributed by atoms with Crippen LogP contribution < -0.4 is 10.6 Å². The van der Waals surface area contributed by atoms with Gasteiger partial charge in [-0.25, -0.2) is 0 Å². The van der Waals surface area contributed by atoms with Gasteiger partial charge in [0.2, 0.25) is 0 Å². The molecule has 0 radical (unpaired) electrons. The Hall–Kier alpha value is -0.160. The normalized spacial score (nSPS) is 30.9. The number of nitrogens with zero attached hydrogens (tertiary/aromatic N) is 1. The van der Waals surface area contributed by atoms with Gasteiger partial charge in [-0.15, -0.1) is 0 Å². The largest absolute Gasteiger partial charge is 0.381 e. The van der Waals surface area contributed by atoms with Crippen molar-refractivity contribution in [1.29, 1.82) is 0 Å². The van der Waals surface area contributed by atoms with E-state index in [1.807, 2.05) is 7.11 Å². The number of likely N-dealkylation sites (tertiary alicyclic amines) is 1. The molecule has 2 N–H and O–H groups in total. The fourth-order valence-corrected chi connectivity index (χ4v) is 3.48. The maximum absolute atomic E-state index is 5.64. The molecule has 0 aliphatic carbocycles. The van der Waals surface area contributed by atoms with Crippen molar-refractivity contribution >= 4 is 0 Å². The Morgan fingerprint density at radius 1 is 1.26 bits per heavy atom. The van der Waals surface area contributed by atoms with E-state index in [4.69, 9.17) is 4.74 Å². The van der Waals surface area contributed by atoms with Crippen LogP contribution in [0.2, 0.25) is 0 Å². The number of nitrogens with one attached hydrogen (secondary N) is 2. The van der Waals surface area contributed by atoms with Gasteiger partial charge in [-0.1, -0.05) is 13.8 Å². The second kappa shape index (κ2) is 7.58. The maximum atomic E-state index is 5.64. The van der Waals surface area contributed by atoms with Crippen LogP contribution in [0, 0.1) is 5.92 Å². The molecule has 2 aliphatic rings. The van der Waals surface area contributed by atoms with Gasteiger partial charge in [0.15, 0.2) is 0 Å². The molecule has 4 heteroatoms. The van der Waals surface area contributed by atoms with Crippen LogP contribution in [0.3, 0.4) is 0 Å². The van der Waals surface area contributed by atoms with Crippen molar-refractivity contribution in [2.24, 2.45) is 5.92 Å². The van der Waals surface area contributed by atoms with Gasteiger partial charge < -0.3 is 20.3 Å². The summed E-state index contributed by atoms with van der Waals surface area (Å²) in [6.45, 7) is 10.4. The molecule has 0 aromatic carbocycles. The van der Waals surface area contributed by atoms with E-state index in [2.05, 4.69) is 29.4 Å². The molecular weight excluding hydrogens is 238 g/mol. The van der Waals surface area contributed by atoms with Gasteiger partial charge in [0.05, 0.1) is 6.10 Å². The minimum Gasteiger partial charge on any atom is -0.381 e. The Balaban J connectivity index is 1.72. The van der Waals surface area contributed by atoms with E-state index in [-0.39, 0.29) is 0 Å². The smallest absolute Gasteiger partial charge is 0.0636 e. The van der Waals surface area contributed by atoms with Gasteiger partial charge in [-0.3, -0.25) is 0 Å². The molecule has 0 bridgehead atoms. The predicted molar refractivity (Wildman–Crippen MR) is 79.5 cm³/mol. The van der Waals surface area contributed by atoms with Crippen LogP contribution in [0.1, 0.15) is 33.1 Å². The number of hydrogen-bond acceptors (Lipinski definition) is 4. The Labute approximate surface area is 118 Å². The molecule has 2 fully saturated rings. The molecule has 2 saturated heterocycles. The number of piperidine rings is 2. The number of methoxy groups -OCH3 is 1. The molecule has 2 aliphatic heterocycles. The molecule has 19 heavy (non-hydrogen) atoms. The summed E-state index contributed by atoms with van der Waals surface area (Å²) in [5, 5.41) is 7.17. The Bertz CT molecular complexity index is 252. The number of hydrogen-bond donors (Lipinski definition) is 2. The summed E-state index contributed by atoms with van der Waals surface area (Å²) in [6, 6.07) is 1.33. The highest BCUT2D eigenvalue weighted by Gasteiger charge is 2.28. The Kier molecular flexibility index (Phi) is 6.07. The molecule has 0 saturated carbocycles. The maximum Gasteiger partial charge on any atom is 0.0636 e. The van der Waals surface area contributed by atoms with Crippen molar-refractivity contribution < 1.29 is 4.74 Å². The van der Waals surface area contributed by atoms with Crippen molar-refractivity contribution in [3.8, 4) is 0 Å². The third-order valence-electron chi connectivity index (χ3n) is 4.49. The lowest BCUT2D eigenvalue weighted by Crippen LogP contribution is -2.50. The molecule has 0 amide bonds. The molecule has 4 nitrogen and oxygen atoms in total. The molecule has 2 atom stereocenters. The van der Waals surface area contributed by atoms with E-state index in [1.165, 1.54) is 32.5 Å². The summed E-state index contributed by atoms with van der Waals surface area (Å²) in [5.74, 6) is 0.661. The number of ether oxygens (including phenoxy) is 1. The topological polar surface area (TPSA) is 36.5 Å². The van der Waals surface area contributed by atoms with Crippen LogP contribution in [-0.2, 0) is 4.74 Å². The van der Waals surface area contributed by atoms with Crippen molar-refractivity contribution in [3.63, 3.8) is 0 Å². The van der Waals surface area contributed by atoms with Crippen molar-refractivity contribution in [2.75, 3.05) is 39.8 Å². The third kappa shape index (κ3) is 4.71. The van der Waals surface area contributed by atoms with Crippen molar-refractivity contribution in [2.45, 2.75) is 51.3 Å². The van der Waals surface area contributed by atoms with Gasteiger partial charge >= 0.3 is 0 Å². The lowest BCUT2D eigenvalue weighted by atomic mass is 9.94. The zero-order valence-electron chi connectivity index (χ0n) is 12.8. The lowest BCUT2D eigenvalue weighted by Gasteiger charge is -2.38. The van der Waals surface area contributed by atoms with E-state index in [1.54, 1.807) is 0 Å².